The number of aromatic amines is 1. The lowest BCUT2D eigenvalue weighted by atomic mass is 10.0. The maximum Gasteiger partial charge on any atom is 0.216 e. The molecule has 0 radical (unpaired) electrons. The van der Waals surface area contributed by atoms with Crippen LogP contribution in [0.1, 0.15) is 28.3 Å². The van der Waals surface area contributed by atoms with Crippen molar-refractivity contribution in [3.8, 4) is 0 Å². The van der Waals surface area contributed by atoms with Gasteiger partial charge in [0.2, 0.25) is 4.77 Å². The number of aryl methyl sites for hydroxylation is 2. The SMILES string of the molecule is Cc1nn(C)c(C)c1C=Nn1c(Cc2cccc3ccccc23)n[nH]c1=S. The highest BCUT2D eigenvalue weighted by Gasteiger charge is 2.10. The van der Waals surface area contributed by atoms with E-state index in [1.807, 2.05) is 31.6 Å². The van der Waals surface area contributed by atoms with E-state index in [0.717, 1.165) is 22.8 Å². The fraction of sp³-hybridized carbons (Fsp3) is 0.200. The van der Waals surface area contributed by atoms with Crippen molar-refractivity contribution in [2.45, 2.75) is 20.3 Å². The summed E-state index contributed by atoms with van der Waals surface area (Å²) in [7, 11) is 1.93. The van der Waals surface area contributed by atoms with Gasteiger partial charge in [-0.3, -0.25) is 9.78 Å². The molecule has 2 aromatic heterocycles. The Labute approximate surface area is 162 Å². The van der Waals surface area contributed by atoms with E-state index < -0.39 is 0 Å². The van der Waals surface area contributed by atoms with Crippen LogP contribution in [-0.4, -0.2) is 30.9 Å². The zero-order chi connectivity index (χ0) is 19.0. The summed E-state index contributed by atoms with van der Waals surface area (Å²) in [6.07, 6.45) is 2.44. The van der Waals surface area contributed by atoms with Crippen LogP contribution >= 0.6 is 12.2 Å². The Balaban J connectivity index is 1.72. The van der Waals surface area contributed by atoms with Crippen LogP contribution in [-0.2, 0) is 13.5 Å². The maximum atomic E-state index is 5.38. The average Bonchev–Trinajstić information content (AvgIpc) is 3.13. The number of rotatable bonds is 4. The van der Waals surface area contributed by atoms with Gasteiger partial charge in [-0.25, -0.2) is 0 Å². The molecule has 0 fully saturated rings. The number of hydrogen-bond donors (Lipinski definition) is 1. The zero-order valence-corrected chi connectivity index (χ0v) is 16.3. The van der Waals surface area contributed by atoms with E-state index in [1.165, 1.54) is 16.3 Å². The van der Waals surface area contributed by atoms with Gasteiger partial charge in [-0.15, -0.1) is 0 Å². The quantitative estimate of drug-likeness (QED) is 0.434. The predicted molar refractivity (Wildman–Crippen MR) is 110 cm³/mol. The topological polar surface area (TPSA) is 63.8 Å². The van der Waals surface area contributed by atoms with Gasteiger partial charge in [-0.2, -0.15) is 20.0 Å². The van der Waals surface area contributed by atoms with Crippen molar-refractivity contribution in [2.24, 2.45) is 12.1 Å². The first kappa shape index (κ1) is 17.4. The Morgan fingerprint density at radius 3 is 2.70 bits per heavy atom. The second-order valence-corrected chi connectivity index (χ2v) is 6.91. The molecule has 4 aromatic rings. The Bertz CT molecular complexity index is 1210. The molecule has 0 atom stereocenters. The fourth-order valence-corrected chi connectivity index (χ4v) is 3.47. The minimum Gasteiger partial charge on any atom is -0.272 e. The Morgan fingerprint density at radius 2 is 1.93 bits per heavy atom. The van der Waals surface area contributed by atoms with Crippen molar-refractivity contribution >= 4 is 29.2 Å². The monoisotopic (exact) mass is 376 g/mol. The summed E-state index contributed by atoms with van der Waals surface area (Å²) in [4.78, 5) is 0. The lowest BCUT2D eigenvalue weighted by Gasteiger charge is -2.06. The molecule has 0 aliphatic carbocycles. The maximum absolute atomic E-state index is 5.38. The van der Waals surface area contributed by atoms with E-state index in [2.05, 4.69) is 56.8 Å². The van der Waals surface area contributed by atoms with Gasteiger partial charge in [-0.1, -0.05) is 42.5 Å². The van der Waals surface area contributed by atoms with Gasteiger partial charge in [0.15, 0.2) is 5.82 Å². The molecule has 4 rings (SSSR count). The van der Waals surface area contributed by atoms with Crippen molar-refractivity contribution in [3.63, 3.8) is 0 Å². The second-order valence-electron chi connectivity index (χ2n) is 6.52. The van der Waals surface area contributed by atoms with Crippen LogP contribution in [0.25, 0.3) is 10.8 Å². The minimum absolute atomic E-state index is 0.473. The molecule has 2 aromatic carbocycles. The highest BCUT2D eigenvalue weighted by atomic mass is 32.1. The van der Waals surface area contributed by atoms with E-state index in [9.17, 15) is 0 Å². The Kier molecular flexibility index (Phi) is 4.45. The van der Waals surface area contributed by atoms with Gasteiger partial charge in [0, 0.05) is 24.7 Å². The van der Waals surface area contributed by atoms with Crippen molar-refractivity contribution < 1.29 is 0 Å². The third kappa shape index (κ3) is 3.21. The molecule has 1 N–H and O–H groups in total. The van der Waals surface area contributed by atoms with Crippen LogP contribution in [0.4, 0.5) is 0 Å². The number of benzene rings is 2. The van der Waals surface area contributed by atoms with Crippen molar-refractivity contribution in [3.05, 3.63) is 75.6 Å². The molecule has 0 bridgehead atoms. The van der Waals surface area contributed by atoms with Crippen molar-refractivity contribution in [2.75, 3.05) is 0 Å². The molecule has 0 spiro atoms. The van der Waals surface area contributed by atoms with Crippen molar-refractivity contribution in [1.82, 2.24) is 24.7 Å². The summed E-state index contributed by atoms with van der Waals surface area (Å²) in [6.45, 7) is 3.99. The molecule has 0 saturated carbocycles. The molecule has 27 heavy (non-hydrogen) atoms. The van der Waals surface area contributed by atoms with Gasteiger partial charge >= 0.3 is 0 Å². The van der Waals surface area contributed by atoms with E-state index in [1.54, 1.807) is 10.9 Å². The van der Waals surface area contributed by atoms with Gasteiger partial charge in [0.05, 0.1) is 11.9 Å². The molecule has 6 nitrogen and oxygen atoms in total. The Hall–Kier alpha value is -3.06. The minimum atomic E-state index is 0.473. The smallest absolute Gasteiger partial charge is 0.216 e. The van der Waals surface area contributed by atoms with Gasteiger partial charge < -0.3 is 0 Å². The number of aromatic nitrogens is 5. The summed E-state index contributed by atoms with van der Waals surface area (Å²) < 4.78 is 4.01. The summed E-state index contributed by atoms with van der Waals surface area (Å²) in [5.74, 6) is 0.770. The highest BCUT2D eigenvalue weighted by Crippen LogP contribution is 2.21. The molecule has 2 heterocycles. The fourth-order valence-electron chi connectivity index (χ4n) is 3.27. The van der Waals surface area contributed by atoms with E-state index >= 15 is 0 Å². The molecule has 0 aliphatic rings. The Morgan fingerprint density at radius 1 is 1.15 bits per heavy atom. The number of H-pyrrole nitrogens is 1. The van der Waals surface area contributed by atoms with Crippen LogP contribution in [0, 0.1) is 18.6 Å². The highest BCUT2D eigenvalue weighted by molar-refractivity contribution is 7.71. The van der Waals surface area contributed by atoms with Crippen LogP contribution in [0.3, 0.4) is 0 Å². The molecule has 7 heteroatoms. The van der Waals surface area contributed by atoms with Crippen LogP contribution in [0.2, 0.25) is 0 Å². The third-order valence-corrected chi connectivity index (χ3v) is 5.08. The molecule has 0 aliphatic heterocycles. The lowest BCUT2D eigenvalue weighted by molar-refractivity contribution is 0.731. The largest absolute Gasteiger partial charge is 0.272 e. The number of nitrogens with one attached hydrogen (secondary N) is 1. The third-order valence-electron chi connectivity index (χ3n) is 4.81. The predicted octanol–water partition coefficient (Wildman–Crippen LogP) is 3.92. The van der Waals surface area contributed by atoms with E-state index in [-0.39, 0.29) is 0 Å². The van der Waals surface area contributed by atoms with Crippen molar-refractivity contribution in [1.29, 1.82) is 0 Å². The number of fused-ring (bicyclic) bond motifs is 1. The summed E-state index contributed by atoms with van der Waals surface area (Å²) in [5, 5.41) is 18.7. The normalized spacial score (nSPS) is 11.7. The van der Waals surface area contributed by atoms with Gasteiger partial charge in [0.25, 0.3) is 0 Å². The first-order valence-corrected chi connectivity index (χ1v) is 9.13. The molecular weight excluding hydrogens is 356 g/mol. The number of nitrogens with zero attached hydrogens (tertiary/aromatic N) is 5. The van der Waals surface area contributed by atoms with E-state index in [0.29, 0.717) is 11.2 Å². The summed E-state index contributed by atoms with van der Waals surface area (Å²) in [6, 6.07) is 14.6. The van der Waals surface area contributed by atoms with Crippen LogP contribution < -0.4 is 0 Å². The first-order chi connectivity index (χ1) is 13.0. The molecule has 0 unspecified atom stereocenters. The first-order valence-electron chi connectivity index (χ1n) is 8.72. The zero-order valence-electron chi connectivity index (χ0n) is 15.5. The average molecular weight is 376 g/mol. The number of hydrogen-bond acceptors (Lipinski definition) is 4. The second kappa shape index (κ2) is 6.92. The molecule has 0 amide bonds. The van der Waals surface area contributed by atoms with Crippen LogP contribution in [0.5, 0.6) is 0 Å². The molecule has 0 saturated heterocycles. The molecule has 136 valence electrons. The van der Waals surface area contributed by atoms with Gasteiger partial charge in [-0.05, 0) is 42.4 Å². The van der Waals surface area contributed by atoms with E-state index in [4.69, 9.17) is 12.2 Å². The van der Waals surface area contributed by atoms with Crippen LogP contribution in [0.15, 0.2) is 47.6 Å². The lowest BCUT2D eigenvalue weighted by Crippen LogP contribution is -2.01. The summed E-state index contributed by atoms with van der Waals surface area (Å²) in [5.41, 5.74) is 4.18. The summed E-state index contributed by atoms with van der Waals surface area (Å²) >= 11 is 5.38. The standard InChI is InChI=1S/C20H20N6S/c1-13-18(14(2)25(3)24-13)12-21-26-19(22-23-20(26)27)11-16-9-6-8-15-7-4-5-10-17(15)16/h4-10,12H,11H2,1-3H3,(H,23,27). The van der Waals surface area contributed by atoms with Gasteiger partial charge in [0.1, 0.15) is 0 Å². The molecular formula is C20H20N6S.